The normalized spacial score (nSPS) is 10.8. The maximum absolute atomic E-state index is 10.6. The number of aryl methyl sites for hydroxylation is 1. The molecule has 2 aromatic carbocycles. The highest BCUT2D eigenvalue weighted by Gasteiger charge is 2.06. The van der Waals surface area contributed by atoms with Crippen molar-refractivity contribution in [3.8, 4) is 11.5 Å². The van der Waals surface area contributed by atoms with E-state index in [9.17, 15) is 4.79 Å². The fourth-order valence-electron chi connectivity index (χ4n) is 1.72. The SMILES string of the molecule is Cc1ccc(Oc2ccc(Cl)c(Cl)c2)c(/C=C/C(=O)O)c1. The number of benzene rings is 2. The van der Waals surface area contributed by atoms with E-state index in [0.29, 0.717) is 27.1 Å². The fourth-order valence-corrected chi connectivity index (χ4v) is 2.01. The van der Waals surface area contributed by atoms with Crippen molar-refractivity contribution in [2.45, 2.75) is 6.92 Å². The molecule has 0 aromatic heterocycles. The highest BCUT2D eigenvalue weighted by Crippen LogP contribution is 2.31. The van der Waals surface area contributed by atoms with Crippen LogP contribution in [0.25, 0.3) is 6.08 Å². The van der Waals surface area contributed by atoms with Crippen molar-refractivity contribution in [1.29, 1.82) is 0 Å². The summed E-state index contributed by atoms with van der Waals surface area (Å²) < 4.78 is 5.75. The second-order valence-corrected chi connectivity index (χ2v) is 5.21. The number of carboxylic acids is 1. The molecule has 0 saturated heterocycles. The van der Waals surface area contributed by atoms with Crippen molar-refractivity contribution < 1.29 is 14.6 Å². The number of hydrogen-bond donors (Lipinski definition) is 1. The fraction of sp³-hybridized carbons (Fsp3) is 0.0625. The van der Waals surface area contributed by atoms with E-state index in [1.165, 1.54) is 6.08 Å². The highest BCUT2D eigenvalue weighted by molar-refractivity contribution is 6.42. The molecule has 0 aliphatic rings. The van der Waals surface area contributed by atoms with Crippen LogP contribution >= 0.6 is 23.2 Å². The minimum absolute atomic E-state index is 0.393. The van der Waals surface area contributed by atoms with E-state index in [0.717, 1.165) is 11.6 Å². The Morgan fingerprint density at radius 3 is 2.57 bits per heavy atom. The lowest BCUT2D eigenvalue weighted by molar-refractivity contribution is -0.131. The van der Waals surface area contributed by atoms with Crippen molar-refractivity contribution in [3.05, 3.63) is 63.6 Å². The van der Waals surface area contributed by atoms with Crippen LogP contribution in [0.3, 0.4) is 0 Å². The minimum Gasteiger partial charge on any atom is -0.478 e. The van der Waals surface area contributed by atoms with Crippen LogP contribution in [0, 0.1) is 6.92 Å². The number of halogens is 2. The summed E-state index contributed by atoms with van der Waals surface area (Å²) in [6.07, 6.45) is 2.55. The van der Waals surface area contributed by atoms with Gasteiger partial charge in [0.05, 0.1) is 10.0 Å². The van der Waals surface area contributed by atoms with E-state index in [1.54, 1.807) is 24.3 Å². The van der Waals surface area contributed by atoms with Gasteiger partial charge in [-0.05, 0) is 37.3 Å². The van der Waals surface area contributed by atoms with Crippen LogP contribution in [-0.4, -0.2) is 11.1 Å². The van der Waals surface area contributed by atoms with E-state index < -0.39 is 5.97 Å². The van der Waals surface area contributed by atoms with Gasteiger partial charge in [0.1, 0.15) is 11.5 Å². The van der Waals surface area contributed by atoms with Crippen LogP contribution in [0.2, 0.25) is 10.0 Å². The molecule has 0 heterocycles. The number of rotatable bonds is 4. The standard InChI is InChI=1S/C16H12Cl2O3/c1-10-2-6-15(11(8-10)3-7-16(19)20)21-12-4-5-13(17)14(18)9-12/h2-9H,1H3,(H,19,20)/b7-3+. The summed E-state index contributed by atoms with van der Waals surface area (Å²) >= 11 is 11.8. The summed E-state index contributed by atoms with van der Waals surface area (Å²) in [6.45, 7) is 1.92. The Labute approximate surface area is 132 Å². The molecule has 108 valence electrons. The van der Waals surface area contributed by atoms with Gasteiger partial charge in [0.15, 0.2) is 0 Å². The van der Waals surface area contributed by atoms with Gasteiger partial charge in [-0.15, -0.1) is 0 Å². The van der Waals surface area contributed by atoms with Gasteiger partial charge < -0.3 is 9.84 Å². The van der Waals surface area contributed by atoms with E-state index in [1.807, 2.05) is 19.1 Å². The summed E-state index contributed by atoms with van der Waals surface area (Å²) in [4.78, 5) is 10.6. The van der Waals surface area contributed by atoms with Crippen molar-refractivity contribution >= 4 is 35.2 Å². The molecule has 0 saturated carbocycles. The van der Waals surface area contributed by atoms with Gasteiger partial charge in [0, 0.05) is 17.7 Å². The molecule has 0 bridgehead atoms. The zero-order chi connectivity index (χ0) is 15.4. The van der Waals surface area contributed by atoms with E-state index >= 15 is 0 Å². The van der Waals surface area contributed by atoms with Crippen molar-refractivity contribution in [1.82, 2.24) is 0 Å². The van der Waals surface area contributed by atoms with Gasteiger partial charge in [-0.1, -0.05) is 34.8 Å². The lowest BCUT2D eigenvalue weighted by Crippen LogP contribution is -1.91. The molecule has 0 fully saturated rings. The van der Waals surface area contributed by atoms with Gasteiger partial charge in [0.25, 0.3) is 0 Å². The number of aliphatic carboxylic acids is 1. The second kappa shape index (κ2) is 6.66. The third kappa shape index (κ3) is 4.25. The van der Waals surface area contributed by atoms with E-state index in [2.05, 4.69) is 0 Å². The summed E-state index contributed by atoms with van der Waals surface area (Å²) in [5.41, 5.74) is 1.67. The Hall–Kier alpha value is -1.97. The number of carbonyl (C=O) groups is 1. The molecular weight excluding hydrogens is 311 g/mol. The van der Waals surface area contributed by atoms with Gasteiger partial charge >= 0.3 is 5.97 Å². The zero-order valence-electron chi connectivity index (χ0n) is 11.1. The average Bonchev–Trinajstić information content (AvgIpc) is 2.43. The summed E-state index contributed by atoms with van der Waals surface area (Å²) in [5, 5.41) is 9.57. The van der Waals surface area contributed by atoms with E-state index in [-0.39, 0.29) is 0 Å². The summed E-state index contributed by atoms with van der Waals surface area (Å²) in [5.74, 6) is 0.0479. The molecule has 3 nitrogen and oxygen atoms in total. The molecule has 0 unspecified atom stereocenters. The lowest BCUT2D eigenvalue weighted by atomic mass is 10.1. The molecule has 0 atom stereocenters. The van der Waals surface area contributed by atoms with Gasteiger partial charge in [-0.2, -0.15) is 0 Å². The van der Waals surface area contributed by atoms with Gasteiger partial charge in [-0.3, -0.25) is 0 Å². The largest absolute Gasteiger partial charge is 0.478 e. The van der Waals surface area contributed by atoms with Gasteiger partial charge in [-0.25, -0.2) is 4.79 Å². The Morgan fingerprint density at radius 1 is 1.14 bits per heavy atom. The molecule has 2 rings (SSSR count). The quantitative estimate of drug-likeness (QED) is 0.787. The van der Waals surface area contributed by atoms with E-state index in [4.69, 9.17) is 33.0 Å². The van der Waals surface area contributed by atoms with Crippen molar-refractivity contribution in [2.24, 2.45) is 0 Å². The highest BCUT2D eigenvalue weighted by atomic mass is 35.5. The maximum atomic E-state index is 10.6. The maximum Gasteiger partial charge on any atom is 0.328 e. The first kappa shape index (κ1) is 15.4. The van der Waals surface area contributed by atoms with Crippen molar-refractivity contribution in [3.63, 3.8) is 0 Å². The molecule has 5 heteroatoms. The third-order valence-electron chi connectivity index (χ3n) is 2.69. The topological polar surface area (TPSA) is 46.5 Å². The minimum atomic E-state index is -1.02. The molecule has 1 N–H and O–H groups in total. The predicted octanol–water partition coefficient (Wildman–Crippen LogP) is 5.19. The number of hydrogen-bond acceptors (Lipinski definition) is 2. The first-order chi connectivity index (χ1) is 9.95. The first-order valence-corrected chi connectivity index (χ1v) is 6.86. The van der Waals surface area contributed by atoms with Crippen LogP contribution < -0.4 is 4.74 Å². The molecule has 0 amide bonds. The molecule has 0 spiro atoms. The van der Waals surface area contributed by atoms with Crippen LogP contribution in [0.15, 0.2) is 42.5 Å². The van der Waals surface area contributed by atoms with Crippen molar-refractivity contribution in [2.75, 3.05) is 0 Å². The first-order valence-electron chi connectivity index (χ1n) is 6.10. The number of ether oxygens (including phenoxy) is 1. The van der Waals surface area contributed by atoms with Crippen LogP contribution in [0.1, 0.15) is 11.1 Å². The summed E-state index contributed by atoms with van der Waals surface area (Å²) in [6, 6.07) is 10.4. The molecule has 2 aromatic rings. The lowest BCUT2D eigenvalue weighted by Gasteiger charge is -2.10. The Bertz CT molecular complexity index is 709. The third-order valence-corrected chi connectivity index (χ3v) is 3.43. The van der Waals surface area contributed by atoms with Crippen LogP contribution in [0.4, 0.5) is 0 Å². The molecule has 0 radical (unpaired) electrons. The zero-order valence-corrected chi connectivity index (χ0v) is 12.7. The Kier molecular flexibility index (Phi) is 4.89. The molecule has 0 aliphatic heterocycles. The molecular formula is C16H12Cl2O3. The monoisotopic (exact) mass is 322 g/mol. The van der Waals surface area contributed by atoms with Gasteiger partial charge in [0.2, 0.25) is 0 Å². The summed E-state index contributed by atoms with van der Waals surface area (Å²) in [7, 11) is 0. The Balaban J connectivity index is 2.34. The molecule has 0 aliphatic carbocycles. The predicted molar refractivity (Wildman–Crippen MR) is 84.4 cm³/mol. The average molecular weight is 323 g/mol. The van der Waals surface area contributed by atoms with Crippen LogP contribution in [0.5, 0.6) is 11.5 Å². The Morgan fingerprint density at radius 2 is 1.90 bits per heavy atom. The second-order valence-electron chi connectivity index (χ2n) is 4.39. The van der Waals surface area contributed by atoms with Crippen LogP contribution in [-0.2, 0) is 4.79 Å². The molecule has 21 heavy (non-hydrogen) atoms. The smallest absolute Gasteiger partial charge is 0.328 e. The number of carboxylic acid groups (broad SMARTS) is 1.